The summed E-state index contributed by atoms with van der Waals surface area (Å²) in [6.45, 7) is 3.60. The number of aromatic nitrogens is 2. The van der Waals surface area contributed by atoms with Gasteiger partial charge in [0, 0.05) is 17.8 Å². The number of nitrogens with zero attached hydrogens (tertiary/aromatic N) is 2. The fourth-order valence-electron chi connectivity index (χ4n) is 2.64. The lowest BCUT2D eigenvalue weighted by atomic mass is 10.1. The van der Waals surface area contributed by atoms with E-state index in [1.807, 2.05) is 31.2 Å². The summed E-state index contributed by atoms with van der Waals surface area (Å²) in [7, 11) is 0. The molecule has 1 heterocycles. The van der Waals surface area contributed by atoms with Crippen LogP contribution in [-0.2, 0) is 11.2 Å². The zero-order valence-electron chi connectivity index (χ0n) is 15.6. The van der Waals surface area contributed by atoms with Crippen LogP contribution in [-0.4, -0.2) is 21.8 Å². The van der Waals surface area contributed by atoms with E-state index in [9.17, 15) is 14.0 Å². The molecule has 0 saturated heterocycles. The molecule has 3 rings (SSSR count). The standard InChI is InChI=1S/C21H20FN3O3/c1-3-15-6-4-5-7-18(15)23-21(27)14(2)28-19-12-13-20(26)25(24-19)17-10-8-16(22)9-11-17/h4-14H,3H2,1-2H3,(H,23,27). The predicted octanol–water partition coefficient (Wildman–Crippen LogP) is 3.34. The van der Waals surface area contributed by atoms with Crippen LogP contribution in [0.2, 0.25) is 0 Å². The highest BCUT2D eigenvalue weighted by molar-refractivity contribution is 5.94. The summed E-state index contributed by atoms with van der Waals surface area (Å²) in [5, 5.41) is 6.96. The van der Waals surface area contributed by atoms with Crippen molar-refractivity contribution in [3.05, 3.63) is 82.4 Å². The summed E-state index contributed by atoms with van der Waals surface area (Å²) in [5.41, 5.74) is 1.75. The van der Waals surface area contributed by atoms with Crippen LogP contribution in [0.5, 0.6) is 5.88 Å². The molecule has 0 fully saturated rings. The molecule has 1 aromatic heterocycles. The van der Waals surface area contributed by atoms with E-state index < -0.39 is 17.5 Å². The van der Waals surface area contributed by atoms with Crippen molar-refractivity contribution in [2.24, 2.45) is 0 Å². The smallest absolute Gasteiger partial charge is 0.271 e. The minimum absolute atomic E-state index is 0.107. The molecule has 2 aromatic carbocycles. The maximum atomic E-state index is 13.1. The van der Waals surface area contributed by atoms with Gasteiger partial charge in [-0.15, -0.1) is 5.10 Å². The van der Waals surface area contributed by atoms with E-state index in [0.29, 0.717) is 5.69 Å². The Morgan fingerprint density at radius 2 is 1.86 bits per heavy atom. The fourth-order valence-corrected chi connectivity index (χ4v) is 2.64. The number of rotatable bonds is 6. The summed E-state index contributed by atoms with van der Waals surface area (Å²) in [4.78, 5) is 24.5. The molecule has 0 aliphatic heterocycles. The third kappa shape index (κ3) is 4.43. The molecule has 1 atom stereocenters. The van der Waals surface area contributed by atoms with Crippen molar-refractivity contribution in [3.8, 4) is 11.6 Å². The van der Waals surface area contributed by atoms with E-state index in [1.54, 1.807) is 6.92 Å². The number of halogens is 1. The molecule has 144 valence electrons. The third-order valence-corrected chi connectivity index (χ3v) is 4.17. The first-order chi connectivity index (χ1) is 13.5. The van der Waals surface area contributed by atoms with Crippen LogP contribution < -0.4 is 15.6 Å². The van der Waals surface area contributed by atoms with Crippen molar-refractivity contribution in [1.82, 2.24) is 9.78 Å². The summed E-state index contributed by atoms with van der Waals surface area (Å²) in [6, 6.07) is 15.6. The Balaban J connectivity index is 1.76. The maximum Gasteiger partial charge on any atom is 0.271 e. The van der Waals surface area contributed by atoms with Gasteiger partial charge in [0.2, 0.25) is 5.88 Å². The van der Waals surface area contributed by atoms with Gasteiger partial charge in [0.05, 0.1) is 5.69 Å². The van der Waals surface area contributed by atoms with Crippen molar-refractivity contribution in [3.63, 3.8) is 0 Å². The summed E-state index contributed by atoms with van der Waals surface area (Å²) in [5.74, 6) is -0.639. The summed E-state index contributed by atoms with van der Waals surface area (Å²) >= 11 is 0. The second-order valence-corrected chi connectivity index (χ2v) is 6.16. The minimum Gasteiger partial charge on any atom is -0.463 e. The molecule has 0 bridgehead atoms. The Morgan fingerprint density at radius 3 is 2.57 bits per heavy atom. The number of para-hydroxylation sites is 1. The molecule has 3 aromatic rings. The molecule has 7 heteroatoms. The molecule has 0 saturated carbocycles. The van der Waals surface area contributed by atoms with Crippen molar-refractivity contribution in [1.29, 1.82) is 0 Å². The van der Waals surface area contributed by atoms with Gasteiger partial charge in [0.15, 0.2) is 6.10 Å². The summed E-state index contributed by atoms with van der Waals surface area (Å²) in [6.07, 6.45) is -0.0489. The molecule has 0 radical (unpaired) electrons. The first kappa shape index (κ1) is 19.3. The van der Waals surface area contributed by atoms with Gasteiger partial charge >= 0.3 is 0 Å². The SMILES string of the molecule is CCc1ccccc1NC(=O)C(C)Oc1ccc(=O)n(-c2ccc(F)cc2)n1. The highest BCUT2D eigenvalue weighted by Crippen LogP contribution is 2.16. The average molecular weight is 381 g/mol. The highest BCUT2D eigenvalue weighted by Gasteiger charge is 2.17. The zero-order valence-corrected chi connectivity index (χ0v) is 15.6. The first-order valence-electron chi connectivity index (χ1n) is 8.89. The van der Waals surface area contributed by atoms with E-state index in [2.05, 4.69) is 10.4 Å². The van der Waals surface area contributed by atoms with Gasteiger partial charge in [-0.25, -0.2) is 4.39 Å². The van der Waals surface area contributed by atoms with Crippen LogP contribution in [0, 0.1) is 5.82 Å². The van der Waals surface area contributed by atoms with E-state index in [0.717, 1.165) is 22.4 Å². The lowest BCUT2D eigenvalue weighted by molar-refractivity contribution is -0.122. The Bertz CT molecular complexity index is 1030. The van der Waals surface area contributed by atoms with Gasteiger partial charge in [0.25, 0.3) is 11.5 Å². The molecule has 0 aliphatic rings. The van der Waals surface area contributed by atoms with Crippen molar-refractivity contribution in [2.45, 2.75) is 26.4 Å². The minimum atomic E-state index is -0.836. The number of benzene rings is 2. The number of anilines is 1. The monoisotopic (exact) mass is 381 g/mol. The highest BCUT2D eigenvalue weighted by atomic mass is 19.1. The molecule has 1 amide bonds. The normalized spacial score (nSPS) is 11.7. The van der Waals surface area contributed by atoms with Crippen LogP contribution in [0.25, 0.3) is 5.69 Å². The van der Waals surface area contributed by atoms with Gasteiger partial charge < -0.3 is 10.1 Å². The largest absolute Gasteiger partial charge is 0.463 e. The predicted molar refractivity (Wildman–Crippen MR) is 104 cm³/mol. The lowest BCUT2D eigenvalue weighted by Crippen LogP contribution is -2.31. The molecular formula is C21H20FN3O3. The van der Waals surface area contributed by atoms with E-state index in [-0.39, 0.29) is 11.8 Å². The molecule has 28 heavy (non-hydrogen) atoms. The average Bonchev–Trinajstić information content (AvgIpc) is 2.70. The number of amides is 1. The van der Waals surface area contributed by atoms with Crippen LogP contribution in [0.1, 0.15) is 19.4 Å². The van der Waals surface area contributed by atoms with Gasteiger partial charge in [-0.3, -0.25) is 9.59 Å². The molecule has 0 spiro atoms. The van der Waals surface area contributed by atoms with Gasteiger partial charge in [-0.1, -0.05) is 25.1 Å². The lowest BCUT2D eigenvalue weighted by Gasteiger charge is -2.16. The maximum absolute atomic E-state index is 13.1. The number of nitrogens with one attached hydrogen (secondary N) is 1. The van der Waals surface area contributed by atoms with Gasteiger partial charge in [-0.2, -0.15) is 4.68 Å². The Labute approximate surface area is 161 Å². The fraction of sp³-hybridized carbons (Fsp3) is 0.190. The molecule has 1 unspecified atom stereocenters. The van der Waals surface area contributed by atoms with Gasteiger partial charge in [0.1, 0.15) is 5.82 Å². The van der Waals surface area contributed by atoms with Gasteiger partial charge in [-0.05, 0) is 49.2 Å². The van der Waals surface area contributed by atoms with Crippen LogP contribution in [0.4, 0.5) is 10.1 Å². The van der Waals surface area contributed by atoms with Crippen LogP contribution in [0.15, 0.2) is 65.5 Å². The second-order valence-electron chi connectivity index (χ2n) is 6.16. The number of carbonyl (C=O) groups is 1. The quantitative estimate of drug-likeness (QED) is 0.711. The number of hydrogen-bond acceptors (Lipinski definition) is 4. The molecule has 0 aliphatic carbocycles. The molecule has 1 N–H and O–H groups in total. The number of aryl methyl sites for hydroxylation is 1. The molecular weight excluding hydrogens is 361 g/mol. The van der Waals surface area contributed by atoms with E-state index in [4.69, 9.17) is 4.74 Å². The van der Waals surface area contributed by atoms with E-state index >= 15 is 0 Å². The van der Waals surface area contributed by atoms with E-state index in [1.165, 1.54) is 36.4 Å². The third-order valence-electron chi connectivity index (χ3n) is 4.17. The Hall–Kier alpha value is -3.48. The number of hydrogen-bond donors (Lipinski definition) is 1. The second kappa shape index (κ2) is 8.47. The number of carbonyl (C=O) groups excluding carboxylic acids is 1. The Kier molecular flexibility index (Phi) is 5.84. The molecule has 6 nitrogen and oxygen atoms in total. The van der Waals surface area contributed by atoms with Crippen molar-refractivity contribution in [2.75, 3.05) is 5.32 Å². The van der Waals surface area contributed by atoms with Crippen molar-refractivity contribution >= 4 is 11.6 Å². The van der Waals surface area contributed by atoms with Crippen molar-refractivity contribution < 1.29 is 13.9 Å². The van der Waals surface area contributed by atoms with Crippen LogP contribution >= 0.6 is 0 Å². The van der Waals surface area contributed by atoms with Crippen LogP contribution in [0.3, 0.4) is 0 Å². The Morgan fingerprint density at radius 1 is 1.14 bits per heavy atom. The number of ether oxygens (including phenoxy) is 1. The first-order valence-corrected chi connectivity index (χ1v) is 8.89. The topological polar surface area (TPSA) is 73.2 Å². The zero-order chi connectivity index (χ0) is 20.1. The summed E-state index contributed by atoms with van der Waals surface area (Å²) < 4.78 is 19.8.